The molecule has 0 spiro atoms. The summed E-state index contributed by atoms with van der Waals surface area (Å²) < 4.78 is 11.7. The van der Waals surface area contributed by atoms with Crippen LogP contribution in [0.3, 0.4) is 0 Å². The van der Waals surface area contributed by atoms with Crippen LogP contribution in [0, 0.1) is 0 Å². The third-order valence-electron chi connectivity index (χ3n) is 3.40. The van der Waals surface area contributed by atoms with Gasteiger partial charge in [0.1, 0.15) is 0 Å². The number of nitrogens with two attached hydrogens (primary N) is 1. The van der Waals surface area contributed by atoms with Crippen molar-refractivity contribution in [2.24, 2.45) is 5.73 Å². The predicted molar refractivity (Wildman–Crippen MR) is 72.3 cm³/mol. The second-order valence-corrected chi connectivity index (χ2v) is 4.79. The van der Waals surface area contributed by atoms with Gasteiger partial charge in [-0.2, -0.15) is 0 Å². The summed E-state index contributed by atoms with van der Waals surface area (Å²) in [6.45, 7) is 4.20. The lowest BCUT2D eigenvalue weighted by Crippen LogP contribution is -2.28. The Hall–Kier alpha value is -0.900. The molecule has 1 fully saturated rings. The molecular weight excluding hydrogens is 226 g/mol. The van der Waals surface area contributed by atoms with Crippen LogP contribution in [0.5, 0.6) is 0 Å². The van der Waals surface area contributed by atoms with Gasteiger partial charge in [-0.05, 0) is 24.9 Å². The van der Waals surface area contributed by atoms with Crippen molar-refractivity contribution >= 4 is 0 Å². The highest BCUT2D eigenvalue weighted by Gasteiger charge is 2.37. The van der Waals surface area contributed by atoms with E-state index in [2.05, 4.69) is 31.2 Å². The van der Waals surface area contributed by atoms with Gasteiger partial charge in [0, 0.05) is 12.0 Å². The molecule has 1 heterocycles. The fourth-order valence-electron chi connectivity index (χ4n) is 2.46. The molecule has 1 aliphatic rings. The summed E-state index contributed by atoms with van der Waals surface area (Å²) in [7, 11) is 0. The number of hydrogen-bond donors (Lipinski definition) is 1. The second-order valence-electron chi connectivity index (χ2n) is 4.79. The van der Waals surface area contributed by atoms with Gasteiger partial charge in [0.05, 0.1) is 13.2 Å². The van der Waals surface area contributed by atoms with E-state index in [1.165, 1.54) is 12.0 Å². The summed E-state index contributed by atoms with van der Waals surface area (Å²) in [6, 6.07) is 8.61. The van der Waals surface area contributed by atoms with Crippen LogP contribution in [0.15, 0.2) is 24.3 Å². The van der Waals surface area contributed by atoms with Crippen molar-refractivity contribution < 1.29 is 9.47 Å². The molecule has 0 radical (unpaired) electrons. The SMILES string of the molecule is CCCc1ccc(C2(CCCN)OCCO2)cc1. The molecule has 100 valence electrons. The van der Waals surface area contributed by atoms with Gasteiger partial charge in [0.2, 0.25) is 0 Å². The first kappa shape index (κ1) is 13.5. The van der Waals surface area contributed by atoms with Crippen LogP contribution in [0.25, 0.3) is 0 Å². The molecule has 3 nitrogen and oxygen atoms in total. The Balaban J connectivity index is 2.14. The van der Waals surface area contributed by atoms with E-state index in [1.807, 2.05) is 0 Å². The van der Waals surface area contributed by atoms with Gasteiger partial charge in [-0.25, -0.2) is 0 Å². The van der Waals surface area contributed by atoms with Crippen LogP contribution < -0.4 is 5.73 Å². The Morgan fingerprint density at radius 2 is 1.83 bits per heavy atom. The standard InChI is InChI=1S/C15H23NO2/c1-2-4-13-5-7-14(8-6-13)15(9-3-10-16)17-11-12-18-15/h5-8H,2-4,9-12,16H2,1H3. The van der Waals surface area contributed by atoms with Crippen LogP contribution in [-0.4, -0.2) is 19.8 Å². The Morgan fingerprint density at radius 1 is 1.17 bits per heavy atom. The van der Waals surface area contributed by atoms with Crippen molar-refractivity contribution in [1.29, 1.82) is 0 Å². The molecule has 0 aliphatic carbocycles. The van der Waals surface area contributed by atoms with Crippen LogP contribution in [0.4, 0.5) is 0 Å². The molecule has 1 aliphatic heterocycles. The monoisotopic (exact) mass is 249 g/mol. The maximum atomic E-state index is 5.85. The summed E-state index contributed by atoms with van der Waals surface area (Å²) in [6.07, 6.45) is 4.04. The van der Waals surface area contributed by atoms with Crippen LogP contribution in [0.1, 0.15) is 37.3 Å². The lowest BCUT2D eigenvalue weighted by molar-refractivity contribution is -0.171. The topological polar surface area (TPSA) is 44.5 Å². The van der Waals surface area contributed by atoms with E-state index in [9.17, 15) is 0 Å². The molecular formula is C15H23NO2. The molecule has 1 saturated heterocycles. The fourth-order valence-corrected chi connectivity index (χ4v) is 2.46. The van der Waals surface area contributed by atoms with Crippen molar-refractivity contribution in [3.05, 3.63) is 35.4 Å². The Bertz CT molecular complexity index is 355. The number of rotatable bonds is 6. The molecule has 2 N–H and O–H groups in total. The van der Waals surface area contributed by atoms with Gasteiger partial charge in [-0.15, -0.1) is 0 Å². The zero-order chi connectivity index (χ0) is 12.8. The minimum atomic E-state index is -0.551. The summed E-state index contributed by atoms with van der Waals surface area (Å²) in [4.78, 5) is 0. The number of ether oxygens (including phenoxy) is 2. The van der Waals surface area contributed by atoms with Crippen LogP contribution in [0.2, 0.25) is 0 Å². The molecule has 0 unspecified atom stereocenters. The van der Waals surface area contributed by atoms with Gasteiger partial charge < -0.3 is 15.2 Å². The summed E-state index contributed by atoms with van der Waals surface area (Å²) >= 11 is 0. The lowest BCUT2D eigenvalue weighted by Gasteiger charge is -2.28. The minimum Gasteiger partial charge on any atom is -0.343 e. The smallest absolute Gasteiger partial charge is 0.195 e. The van der Waals surface area contributed by atoms with Crippen molar-refractivity contribution in [3.63, 3.8) is 0 Å². The molecule has 2 rings (SSSR count). The average Bonchev–Trinajstić information content (AvgIpc) is 2.88. The van der Waals surface area contributed by atoms with Gasteiger partial charge in [0.15, 0.2) is 5.79 Å². The molecule has 18 heavy (non-hydrogen) atoms. The van der Waals surface area contributed by atoms with Gasteiger partial charge in [-0.1, -0.05) is 37.6 Å². The fraction of sp³-hybridized carbons (Fsp3) is 0.600. The van der Waals surface area contributed by atoms with E-state index in [-0.39, 0.29) is 0 Å². The zero-order valence-corrected chi connectivity index (χ0v) is 11.2. The van der Waals surface area contributed by atoms with Crippen molar-refractivity contribution in [3.8, 4) is 0 Å². The van der Waals surface area contributed by atoms with Gasteiger partial charge >= 0.3 is 0 Å². The van der Waals surface area contributed by atoms with Crippen molar-refractivity contribution in [2.45, 2.75) is 38.4 Å². The first-order valence-electron chi connectivity index (χ1n) is 6.88. The highest BCUT2D eigenvalue weighted by atomic mass is 16.7. The number of benzene rings is 1. The van der Waals surface area contributed by atoms with E-state index in [0.717, 1.165) is 24.8 Å². The largest absolute Gasteiger partial charge is 0.343 e. The molecule has 3 heteroatoms. The molecule has 0 saturated carbocycles. The first-order chi connectivity index (χ1) is 8.80. The first-order valence-corrected chi connectivity index (χ1v) is 6.88. The minimum absolute atomic E-state index is 0.551. The van der Waals surface area contributed by atoms with Crippen molar-refractivity contribution in [2.75, 3.05) is 19.8 Å². The molecule has 0 amide bonds. The third kappa shape index (κ3) is 2.91. The molecule has 1 aromatic carbocycles. The Morgan fingerprint density at radius 3 is 2.39 bits per heavy atom. The second kappa shape index (κ2) is 6.32. The lowest BCUT2D eigenvalue weighted by atomic mass is 9.98. The third-order valence-corrected chi connectivity index (χ3v) is 3.40. The Labute approximate surface area is 109 Å². The quantitative estimate of drug-likeness (QED) is 0.842. The van der Waals surface area contributed by atoms with E-state index < -0.39 is 5.79 Å². The van der Waals surface area contributed by atoms with E-state index in [4.69, 9.17) is 15.2 Å². The zero-order valence-electron chi connectivity index (χ0n) is 11.2. The van der Waals surface area contributed by atoms with Crippen molar-refractivity contribution in [1.82, 2.24) is 0 Å². The highest BCUT2D eigenvalue weighted by Crippen LogP contribution is 2.35. The summed E-state index contributed by atoms with van der Waals surface area (Å²) in [5.74, 6) is -0.551. The van der Waals surface area contributed by atoms with Crippen LogP contribution in [-0.2, 0) is 21.7 Å². The molecule has 1 aromatic rings. The normalized spacial score (nSPS) is 18.1. The molecule has 0 atom stereocenters. The maximum Gasteiger partial charge on any atom is 0.195 e. The summed E-state index contributed by atoms with van der Waals surface area (Å²) in [5.41, 5.74) is 8.08. The molecule has 0 bridgehead atoms. The molecule has 0 aromatic heterocycles. The van der Waals surface area contributed by atoms with E-state index >= 15 is 0 Å². The highest BCUT2D eigenvalue weighted by molar-refractivity contribution is 5.26. The van der Waals surface area contributed by atoms with Gasteiger partial charge in [0.25, 0.3) is 0 Å². The number of hydrogen-bond acceptors (Lipinski definition) is 3. The van der Waals surface area contributed by atoms with Crippen LogP contribution >= 0.6 is 0 Å². The Kier molecular flexibility index (Phi) is 4.75. The summed E-state index contributed by atoms with van der Waals surface area (Å²) in [5, 5.41) is 0. The predicted octanol–water partition coefficient (Wildman–Crippen LogP) is 2.58. The maximum absolute atomic E-state index is 5.85. The number of aryl methyl sites for hydroxylation is 1. The average molecular weight is 249 g/mol. The van der Waals surface area contributed by atoms with E-state index in [0.29, 0.717) is 19.8 Å². The van der Waals surface area contributed by atoms with Gasteiger partial charge in [-0.3, -0.25) is 0 Å². The van der Waals surface area contributed by atoms with E-state index in [1.54, 1.807) is 0 Å².